The molecule has 394 valence electrons. The largest absolute Gasteiger partial charge is 0.463 e. The van der Waals surface area contributed by atoms with E-state index in [2.05, 4.69) is 27.7 Å². The third-order valence-electron chi connectivity index (χ3n) is 18.9. The van der Waals surface area contributed by atoms with Crippen LogP contribution >= 0.6 is 0 Å². The fraction of sp³-hybridized carbons (Fsp3) is 0.895. The highest BCUT2D eigenvalue weighted by atomic mass is 16.6. The van der Waals surface area contributed by atoms with Crippen LogP contribution in [0.4, 0.5) is 0 Å². The fourth-order valence-corrected chi connectivity index (χ4v) is 12.2. The van der Waals surface area contributed by atoms with Crippen molar-refractivity contribution in [2.75, 3.05) is 6.61 Å². The summed E-state index contributed by atoms with van der Waals surface area (Å²) in [6.45, 7) is 30.2. The first-order valence-corrected chi connectivity index (χ1v) is 27.3. The molecule has 0 aromatic rings. The summed E-state index contributed by atoms with van der Waals surface area (Å²) in [5, 5.41) is 0. The molecule has 9 aliphatic rings. The number of cyclic esters (lactones) is 1. The van der Waals surface area contributed by atoms with Gasteiger partial charge in [0.1, 0.15) is 23.4 Å². The van der Waals surface area contributed by atoms with Crippen molar-refractivity contribution in [2.24, 2.45) is 62.6 Å². The molecule has 69 heavy (non-hydrogen) atoms. The SMILES string of the molecule is CCC(C)(C)C(=O)OC(C)(C)C12CC3CC(CC(C3)C1)C2.CCC(C)(C)C(=O)OC1C2CC3C(=O)OC1C3C2.CCC(C)(C)C(=O)OC1CCOC1=O.CCC1(OC(=O)C(C)(C)CC)CCCCC1. The molecule has 12 nitrogen and oxygen atoms in total. The topological polar surface area (TPSA) is 158 Å². The van der Waals surface area contributed by atoms with Crippen LogP contribution in [0.3, 0.4) is 0 Å². The number of carbonyl (C=O) groups is 6. The smallest absolute Gasteiger partial charge is 0.347 e. The van der Waals surface area contributed by atoms with E-state index in [1.54, 1.807) is 13.8 Å². The molecule has 6 atom stereocenters. The van der Waals surface area contributed by atoms with Crippen LogP contribution < -0.4 is 0 Å². The monoisotopic (exact) mass is 971 g/mol. The van der Waals surface area contributed by atoms with Gasteiger partial charge < -0.3 is 28.4 Å². The van der Waals surface area contributed by atoms with E-state index in [1.165, 1.54) is 57.8 Å². The molecule has 0 N–H and O–H groups in total. The van der Waals surface area contributed by atoms with Gasteiger partial charge in [0.25, 0.3) is 0 Å². The van der Waals surface area contributed by atoms with Crippen molar-refractivity contribution < 1.29 is 57.2 Å². The Labute approximate surface area is 416 Å². The molecule has 12 heteroatoms. The van der Waals surface area contributed by atoms with Crippen LogP contribution in [0.1, 0.15) is 226 Å². The van der Waals surface area contributed by atoms with Crippen LogP contribution in [0.5, 0.6) is 0 Å². The van der Waals surface area contributed by atoms with Crippen molar-refractivity contribution >= 4 is 35.8 Å². The van der Waals surface area contributed by atoms with Gasteiger partial charge in [0.05, 0.1) is 34.2 Å². The molecule has 9 rings (SSSR count). The Morgan fingerprint density at radius 2 is 1.07 bits per heavy atom. The first-order chi connectivity index (χ1) is 32.0. The lowest BCUT2D eigenvalue weighted by Gasteiger charge is -2.61. The van der Waals surface area contributed by atoms with Crippen LogP contribution in [-0.4, -0.2) is 71.9 Å². The predicted octanol–water partition coefficient (Wildman–Crippen LogP) is 12.2. The number of fused-ring (bicyclic) bond motifs is 1. The number of hydrogen-bond acceptors (Lipinski definition) is 12. The highest BCUT2D eigenvalue weighted by Crippen LogP contribution is 2.64. The van der Waals surface area contributed by atoms with Gasteiger partial charge in [0, 0.05) is 23.7 Å². The molecule has 6 bridgehead atoms. The Balaban J connectivity index is 0.000000174. The van der Waals surface area contributed by atoms with Gasteiger partial charge in [-0.05, 0) is 196 Å². The maximum absolute atomic E-state index is 12.6. The molecule has 0 radical (unpaired) electrons. The van der Waals surface area contributed by atoms with Gasteiger partial charge in [0.15, 0.2) is 0 Å². The molecule has 2 heterocycles. The second-order valence-electron chi connectivity index (χ2n) is 25.7. The van der Waals surface area contributed by atoms with Gasteiger partial charge in [-0.3, -0.25) is 24.0 Å². The summed E-state index contributed by atoms with van der Waals surface area (Å²) < 4.78 is 32.8. The van der Waals surface area contributed by atoms with Gasteiger partial charge >= 0.3 is 35.8 Å². The lowest BCUT2D eigenvalue weighted by Crippen LogP contribution is -2.58. The summed E-state index contributed by atoms with van der Waals surface area (Å²) >= 11 is 0. The Hall–Kier alpha value is -3.18. The minimum atomic E-state index is -0.687. The summed E-state index contributed by atoms with van der Waals surface area (Å²) in [4.78, 5) is 71.0. The van der Waals surface area contributed by atoms with Crippen LogP contribution in [-0.2, 0) is 57.2 Å². The van der Waals surface area contributed by atoms with Crippen molar-refractivity contribution in [3.8, 4) is 0 Å². The zero-order valence-electron chi connectivity index (χ0n) is 45.7. The third-order valence-corrected chi connectivity index (χ3v) is 18.9. The quantitative estimate of drug-likeness (QED) is 0.120. The zero-order valence-corrected chi connectivity index (χ0v) is 45.7. The van der Waals surface area contributed by atoms with E-state index >= 15 is 0 Å². The van der Waals surface area contributed by atoms with Gasteiger partial charge in [-0.1, -0.05) is 41.0 Å². The summed E-state index contributed by atoms with van der Waals surface area (Å²) in [6, 6.07) is 0. The van der Waals surface area contributed by atoms with Crippen molar-refractivity contribution in [1.29, 1.82) is 0 Å². The maximum atomic E-state index is 12.6. The van der Waals surface area contributed by atoms with Gasteiger partial charge in [0.2, 0.25) is 6.10 Å². The summed E-state index contributed by atoms with van der Waals surface area (Å²) in [5.74, 6) is 2.36. The van der Waals surface area contributed by atoms with Gasteiger partial charge in [-0.25, -0.2) is 4.79 Å². The number of rotatable bonds is 14. The van der Waals surface area contributed by atoms with E-state index < -0.39 is 22.9 Å². The molecule has 2 aliphatic heterocycles. The van der Waals surface area contributed by atoms with E-state index in [-0.39, 0.29) is 75.4 Å². The maximum Gasteiger partial charge on any atom is 0.347 e. The van der Waals surface area contributed by atoms with Crippen LogP contribution in [0.25, 0.3) is 0 Å². The molecule has 9 fully saturated rings. The van der Waals surface area contributed by atoms with Crippen LogP contribution in [0.15, 0.2) is 0 Å². The van der Waals surface area contributed by atoms with Crippen LogP contribution in [0, 0.1) is 62.6 Å². The Kier molecular flexibility index (Phi) is 18.0. The molecule has 0 aromatic carbocycles. The van der Waals surface area contributed by atoms with E-state index in [4.69, 9.17) is 28.4 Å². The van der Waals surface area contributed by atoms with E-state index in [0.717, 1.165) is 69.1 Å². The molecule has 7 saturated carbocycles. The van der Waals surface area contributed by atoms with E-state index in [0.29, 0.717) is 31.3 Å². The summed E-state index contributed by atoms with van der Waals surface area (Å²) in [5.41, 5.74) is -1.89. The molecule has 6 unspecified atom stereocenters. The second-order valence-corrected chi connectivity index (χ2v) is 25.7. The standard InChI is InChI=1S/C19H32O2.C14H20O4.C14H26O2.C10H16O4/c1-6-17(2,3)16(20)21-18(4,5)19-10-13-7-14(11-19)9-15(8-13)12-19;1-4-14(2,3)13(16)18-10-7-5-8-9(6-7)12(15)17-11(8)10;1-5-13(3,4)12(15)16-14(6-2)10-8-7-9-11-14;1-4-10(2,3)9(12)14-7-5-6-13-8(7)11/h13-15H,6-12H2,1-5H3;7-11H,4-6H2,1-3H3;5-11H2,1-4H3;7H,4-6H2,1-3H3. The minimum absolute atomic E-state index is 0.00857. The lowest BCUT2D eigenvalue weighted by molar-refractivity contribution is -0.206. The minimum Gasteiger partial charge on any atom is -0.463 e. The van der Waals surface area contributed by atoms with E-state index in [1.807, 2.05) is 62.3 Å². The highest BCUT2D eigenvalue weighted by Gasteiger charge is 2.64. The Morgan fingerprint density at radius 3 is 1.54 bits per heavy atom. The highest BCUT2D eigenvalue weighted by molar-refractivity contribution is 5.83. The molecule has 2 saturated heterocycles. The predicted molar refractivity (Wildman–Crippen MR) is 264 cm³/mol. The molecule has 0 spiro atoms. The fourth-order valence-electron chi connectivity index (χ4n) is 12.2. The summed E-state index contributed by atoms with van der Waals surface area (Å²) in [7, 11) is 0. The average molecular weight is 971 g/mol. The first-order valence-electron chi connectivity index (χ1n) is 27.3. The normalized spacial score (nSPS) is 31.7. The molecular formula is C57H94O12. The van der Waals surface area contributed by atoms with Gasteiger partial charge in [-0.15, -0.1) is 0 Å². The zero-order chi connectivity index (χ0) is 51.5. The van der Waals surface area contributed by atoms with Crippen molar-refractivity contribution in [3.63, 3.8) is 0 Å². The molecule has 0 aromatic heterocycles. The number of esters is 6. The summed E-state index contributed by atoms with van der Waals surface area (Å²) in [6.07, 6.45) is 19.3. The molecule has 7 aliphatic carbocycles. The third kappa shape index (κ3) is 12.7. The van der Waals surface area contributed by atoms with Crippen molar-refractivity contribution in [2.45, 2.75) is 255 Å². The first kappa shape index (κ1) is 56.7. The molecular weight excluding hydrogens is 877 g/mol. The van der Waals surface area contributed by atoms with E-state index in [9.17, 15) is 28.8 Å². The Bertz CT molecular complexity index is 1800. The number of hydrogen-bond donors (Lipinski definition) is 0. The molecule has 0 amide bonds. The second kappa shape index (κ2) is 21.9. The number of ether oxygens (including phenoxy) is 6. The van der Waals surface area contributed by atoms with Crippen LogP contribution in [0.2, 0.25) is 0 Å². The van der Waals surface area contributed by atoms with Crippen molar-refractivity contribution in [3.05, 3.63) is 0 Å². The Morgan fingerprint density at radius 1 is 0.594 bits per heavy atom. The van der Waals surface area contributed by atoms with Crippen molar-refractivity contribution in [1.82, 2.24) is 0 Å². The van der Waals surface area contributed by atoms with Gasteiger partial charge in [-0.2, -0.15) is 0 Å². The number of carbonyl (C=O) groups excluding carboxylic acids is 6. The average Bonchev–Trinajstić information content (AvgIpc) is 4.05. The lowest BCUT2D eigenvalue weighted by atomic mass is 9.46.